The van der Waals surface area contributed by atoms with Crippen LogP contribution in [0.25, 0.3) is 0 Å². The van der Waals surface area contributed by atoms with Crippen molar-refractivity contribution in [1.29, 1.82) is 0 Å². The van der Waals surface area contributed by atoms with Crippen molar-refractivity contribution >= 4 is 21.7 Å². The first-order valence-corrected chi connectivity index (χ1v) is 9.39. The maximum atomic E-state index is 12.4. The molecule has 1 aromatic carbocycles. The maximum absolute atomic E-state index is 12.4. The van der Waals surface area contributed by atoms with Gasteiger partial charge in [0.2, 0.25) is 0 Å². The summed E-state index contributed by atoms with van der Waals surface area (Å²) in [6, 6.07) is 9.44. The largest absolute Gasteiger partial charge is 0.481 e. The van der Waals surface area contributed by atoms with Gasteiger partial charge in [-0.15, -0.1) is 0 Å². The molecule has 134 valence electrons. The molecule has 0 radical (unpaired) electrons. The molecule has 2 N–H and O–H groups in total. The van der Waals surface area contributed by atoms with Gasteiger partial charge in [0, 0.05) is 18.5 Å². The van der Waals surface area contributed by atoms with E-state index in [0.29, 0.717) is 12.8 Å². The number of amides is 1. The first-order chi connectivity index (χ1) is 11.9. The van der Waals surface area contributed by atoms with E-state index in [-0.39, 0.29) is 34.9 Å². The minimum atomic E-state index is -3.58. The zero-order chi connectivity index (χ0) is 18.3. The van der Waals surface area contributed by atoms with Crippen LogP contribution in [0.3, 0.4) is 0 Å². The Kier molecular flexibility index (Phi) is 6.35. The first kappa shape index (κ1) is 18.7. The van der Waals surface area contributed by atoms with Crippen molar-refractivity contribution in [2.75, 3.05) is 6.54 Å². The number of carboxylic acid groups (broad SMARTS) is 1. The average Bonchev–Trinajstić information content (AvgIpc) is 3.02. The summed E-state index contributed by atoms with van der Waals surface area (Å²) in [5.41, 5.74) is 0.284. The molecule has 2 rings (SSSR count). The lowest BCUT2D eigenvalue weighted by Gasteiger charge is -2.06. The SMILES string of the molecule is O=C(O)CCCCNC(=O)c1occc1CS(=O)(=O)c1ccccc1. The Bertz CT molecular complexity index is 826. The number of furan rings is 1. The number of hydrogen-bond donors (Lipinski definition) is 2. The third-order valence-corrected chi connectivity index (χ3v) is 5.19. The van der Waals surface area contributed by atoms with Crippen molar-refractivity contribution in [3.63, 3.8) is 0 Å². The molecular weight excluding hydrogens is 346 g/mol. The van der Waals surface area contributed by atoms with E-state index in [1.807, 2.05) is 0 Å². The van der Waals surface area contributed by atoms with Crippen molar-refractivity contribution in [1.82, 2.24) is 5.32 Å². The highest BCUT2D eigenvalue weighted by Gasteiger charge is 2.22. The topological polar surface area (TPSA) is 114 Å². The molecule has 0 spiro atoms. The van der Waals surface area contributed by atoms with Crippen LogP contribution in [0, 0.1) is 0 Å². The van der Waals surface area contributed by atoms with E-state index in [1.54, 1.807) is 18.2 Å². The van der Waals surface area contributed by atoms with E-state index in [2.05, 4.69) is 5.32 Å². The lowest BCUT2D eigenvalue weighted by atomic mass is 10.2. The van der Waals surface area contributed by atoms with Gasteiger partial charge < -0.3 is 14.8 Å². The monoisotopic (exact) mass is 365 g/mol. The number of carbonyl (C=O) groups is 2. The summed E-state index contributed by atoms with van der Waals surface area (Å²) in [5, 5.41) is 11.2. The third-order valence-electron chi connectivity index (χ3n) is 3.50. The smallest absolute Gasteiger partial charge is 0.303 e. The average molecular weight is 365 g/mol. The number of unbranched alkanes of at least 4 members (excludes halogenated alkanes) is 1. The van der Waals surface area contributed by atoms with Crippen molar-refractivity contribution in [2.45, 2.75) is 29.9 Å². The van der Waals surface area contributed by atoms with Gasteiger partial charge in [-0.1, -0.05) is 18.2 Å². The third kappa shape index (κ3) is 5.46. The number of nitrogens with one attached hydrogen (secondary N) is 1. The molecule has 0 bridgehead atoms. The molecule has 0 aliphatic carbocycles. The van der Waals surface area contributed by atoms with Crippen LogP contribution in [0.15, 0.2) is 52.0 Å². The molecule has 1 amide bonds. The second-order valence-electron chi connectivity index (χ2n) is 5.45. The minimum absolute atomic E-state index is 0.0389. The van der Waals surface area contributed by atoms with Crippen LogP contribution in [0.1, 0.15) is 35.4 Å². The number of rotatable bonds is 9. The summed E-state index contributed by atoms with van der Waals surface area (Å²) >= 11 is 0. The Hall–Kier alpha value is -2.61. The summed E-state index contributed by atoms with van der Waals surface area (Å²) in [6.07, 6.45) is 2.27. The van der Waals surface area contributed by atoms with Crippen molar-refractivity contribution in [3.8, 4) is 0 Å². The number of aliphatic carboxylic acids is 1. The van der Waals surface area contributed by atoms with E-state index in [4.69, 9.17) is 9.52 Å². The summed E-state index contributed by atoms with van der Waals surface area (Å²) in [7, 11) is -3.58. The van der Waals surface area contributed by atoms with E-state index < -0.39 is 21.7 Å². The van der Waals surface area contributed by atoms with E-state index in [9.17, 15) is 18.0 Å². The predicted octanol–water partition coefficient (Wildman–Crippen LogP) is 2.24. The van der Waals surface area contributed by atoms with Crippen molar-refractivity contribution < 1.29 is 27.5 Å². The molecule has 0 unspecified atom stereocenters. The molecule has 0 saturated heterocycles. The molecule has 0 fully saturated rings. The molecular formula is C17H19NO6S. The quantitative estimate of drug-likeness (QED) is 0.659. The van der Waals surface area contributed by atoms with Gasteiger partial charge in [-0.2, -0.15) is 0 Å². The second-order valence-corrected chi connectivity index (χ2v) is 7.44. The minimum Gasteiger partial charge on any atom is -0.481 e. The highest BCUT2D eigenvalue weighted by Crippen LogP contribution is 2.19. The molecule has 0 aliphatic heterocycles. The maximum Gasteiger partial charge on any atom is 0.303 e. The van der Waals surface area contributed by atoms with E-state index in [0.717, 1.165) is 0 Å². The lowest BCUT2D eigenvalue weighted by molar-refractivity contribution is -0.137. The molecule has 0 atom stereocenters. The Morgan fingerprint density at radius 3 is 2.48 bits per heavy atom. The molecule has 7 nitrogen and oxygen atoms in total. The first-order valence-electron chi connectivity index (χ1n) is 7.74. The summed E-state index contributed by atoms with van der Waals surface area (Å²) in [4.78, 5) is 22.7. The Balaban J connectivity index is 1.98. The standard InChI is InChI=1S/C17H19NO6S/c19-15(20)8-4-5-10-18-17(21)16-13(9-11-24-16)12-25(22,23)14-6-2-1-3-7-14/h1-3,6-7,9,11H,4-5,8,10,12H2,(H,18,21)(H,19,20). The van der Waals surface area contributed by atoms with Crippen LogP contribution < -0.4 is 5.32 Å². The fraction of sp³-hybridized carbons (Fsp3) is 0.294. The summed E-state index contributed by atoms with van der Waals surface area (Å²) in [6.45, 7) is 0.289. The molecule has 8 heteroatoms. The van der Waals surface area contributed by atoms with Gasteiger partial charge in [0.1, 0.15) is 0 Å². The van der Waals surface area contributed by atoms with Crippen LogP contribution in [0.4, 0.5) is 0 Å². The zero-order valence-electron chi connectivity index (χ0n) is 13.5. The molecule has 0 saturated carbocycles. The predicted molar refractivity (Wildman–Crippen MR) is 89.9 cm³/mol. The van der Waals surface area contributed by atoms with Crippen LogP contribution >= 0.6 is 0 Å². The second kappa shape index (κ2) is 8.48. The van der Waals surface area contributed by atoms with Gasteiger partial charge in [-0.25, -0.2) is 8.42 Å². The number of sulfone groups is 1. The highest BCUT2D eigenvalue weighted by molar-refractivity contribution is 7.90. The van der Waals surface area contributed by atoms with Gasteiger partial charge in [0.15, 0.2) is 15.6 Å². The van der Waals surface area contributed by atoms with Gasteiger partial charge in [0.25, 0.3) is 5.91 Å². The zero-order valence-corrected chi connectivity index (χ0v) is 14.3. The molecule has 1 aromatic heterocycles. The van der Waals surface area contributed by atoms with Gasteiger partial charge >= 0.3 is 5.97 Å². The van der Waals surface area contributed by atoms with Gasteiger partial charge in [-0.05, 0) is 31.0 Å². The summed E-state index contributed by atoms with van der Waals surface area (Å²) in [5.74, 6) is -1.78. The van der Waals surface area contributed by atoms with E-state index in [1.165, 1.54) is 24.5 Å². The number of carbonyl (C=O) groups excluding carboxylic acids is 1. The van der Waals surface area contributed by atoms with Crippen LogP contribution in [-0.4, -0.2) is 31.9 Å². The van der Waals surface area contributed by atoms with Crippen LogP contribution in [0.2, 0.25) is 0 Å². The molecule has 25 heavy (non-hydrogen) atoms. The van der Waals surface area contributed by atoms with Crippen molar-refractivity contribution in [2.24, 2.45) is 0 Å². The van der Waals surface area contributed by atoms with Gasteiger partial charge in [0.05, 0.1) is 16.9 Å². The number of benzene rings is 1. The molecule has 2 aromatic rings. The fourth-order valence-electron chi connectivity index (χ4n) is 2.25. The Morgan fingerprint density at radius 2 is 1.80 bits per heavy atom. The fourth-order valence-corrected chi connectivity index (χ4v) is 3.62. The highest BCUT2D eigenvalue weighted by atomic mass is 32.2. The Morgan fingerprint density at radius 1 is 1.08 bits per heavy atom. The van der Waals surface area contributed by atoms with Crippen LogP contribution in [0.5, 0.6) is 0 Å². The van der Waals surface area contributed by atoms with Crippen molar-refractivity contribution in [3.05, 3.63) is 54.0 Å². The summed E-state index contributed by atoms with van der Waals surface area (Å²) < 4.78 is 29.9. The lowest BCUT2D eigenvalue weighted by Crippen LogP contribution is -2.25. The normalized spacial score (nSPS) is 11.2. The number of hydrogen-bond acceptors (Lipinski definition) is 5. The number of carboxylic acids is 1. The Labute approximate surface area is 145 Å². The van der Waals surface area contributed by atoms with Gasteiger partial charge in [-0.3, -0.25) is 9.59 Å². The molecule has 1 heterocycles. The van der Waals surface area contributed by atoms with E-state index >= 15 is 0 Å². The van der Waals surface area contributed by atoms with Crippen LogP contribution in [-0.2, 0) is 20.4 Å². The molecule has 0 aliphatic rings.